The lowest BCUT2D eigenvalue weighted by molar-refractivity contribution is 0.0909. The average molecular weight is 257 g/mol. The first-order valence-electron chi connectivity index (χ1n) is 6.69. The van der Waals surface area contributed by atoms with Gasteiger partial charge in [-0.2, -0.15) is 5.10 Å². The highest BCUT2D eigenvalue weighted by molar-refractivity contribution is 5.98. The summed E-state index contributed by atoms with van der Waals surface area (Å²) in [4.78, 5) is 12.2. The molecule has 1 aliphatic carbocycles. The Morgan fingerprint density at radius 3 is 2.89 bits per heavy atom. The number of Topliss-reactive ketones (excluding diaryl/α,β-unsaturated/α-hetero) is 1. The molecule has 2 aromatic heterocycles. The highest BCUT2D eigenvalue weighted by atomic mass is 16.1. The molecule has 0 bridgehead atoms. The molecule has 0 saturated carbocycles. The van der Waals surface area contributed by atoms with Crippen molar-refractivity contribution in [1.29, 1.82) is 0 Å². The minimum atomic E-state index is 0.0519. The second kappa shape index (κ2) is 4.08. The first-order chi connectivity index (χ1) is 8.98. The molecule has 2 heterocycles. The number of ketones is 1. The Morgan fingerprint density at radius 1 is 1.42 bits per heavy atom. The van der Waals surface area contributed by atoms with Gasteiger partial charge in [-0.1, -0.05) is 13.8 Å². The number of hydrogen-bond acceptors (Lipinski definition) is 2. The van der Waals surface area contributed by atoms with Crippen LogP contribution in [-0.4, -0.2) is 20.5 Å². The minimum absolute atomic E-state index is 0.0519. The van der Waals surface area contributed by atoms with Gasteiger partial charge >= 0.3 is 0 Å². The molecular formula is C15H19N3O. The third-order valence-corrected chi connectivity index (χ3v) is 4.03. The van der Waals surface area contributed by atoms with Gasteiger partial charge in [-0.3, -0.25) is 9.89 Å². The van der Waals surface area contributed by atoms with Crippen LogP contribution >= 0.6 is 0 Å². The van der Waals surface area contributed by atoms with Gasteiger partial charge in [0.2, 0.25) is 0 Å². The molecule has 0 spiro atoms. The normalized spacial score (nSPS) is 19.2. The second-order valence-electron chi connectivity index (χ2n) is 6.23. The van der Waals surface area contributed by atoms with Crippen molar-refractivity contribution in [2.24, 2.45) is 5.41 Å². The van der Waals surface area contributed by atoms with Crippen LogP contribution in [0.5, 0.6) is 0 Å². The fraction of sp³-hybridized carbons (Fsp3) is 0.467. The van der Waals surface area contributed by atoms with E-state index in [0.29, 0.717) is 6.42 Å². The highest BCUT2D eigenvalue weighted by Crippen LogP contribution is 2.36. The second-order valence-corrected chi connectivity index (χ2v) is 6.23. The summed E-state index contributed by atoms with van der Waals surface area (Å²) in [6, 6.07) is 2.16. The number of nitrogens with zero attached hydrogens (tertiary/aromatic N) is 2. The Hall–Kier alpha value is -1.84. The molecule has 3 rings (SSSR count). The van der Waals surface area contributed by atoms with Crippen LogP contribution in [0, 0.1) is 5.41 Å². The van der Waals surface area contributed by atoms with Crippen LogP contribution in [-0.2, 0) is 6.42 Å². The average Bonchev–Trinajstić information content (AvgIpc) is 2.94. The summed E-state index contributed by atoms with van der Waals surface area (Å²) in [6.07, 6.45) is 7.37. The quantitative estimate of drug-likeness (QED) is 0.899. The smallest absolute Gasteiger partial charge is 0.165 e. The molecule has 0 aliphatic heterocycles. The molecule has 1 unspecified atom stereocenters. The van der Waals surface area contributed by atoms with E-state index < -0.39 is 0 Å². The predicted octanol–water partition coefficient (Wildman–Crippen LogP) is 2.98. The summed E-state index contributed by atoms with van der Waals surface area (Å²) in [5, 5.41) is 6.85. The summed E-state index contributed by atoms with van der Waals surface area (Å²) < 4.78 is 2.21. The Balaban J connectivity index is 2.04. The molecule has 2 aromatic rings. The molecule has 4 nitrogen and oxygen atoms in total. The first-order valence-corrected chi connectivity index (χ1v) is 6.69. The van der Waals surface area contributed by atoms with Crippen LogP contribution in [0.3, 0.4) is 0 Å². The van der Waals surface area contributed by atoms with E-state index in [2.05, 4.69) is 35.5 Å². The van der Waals surface area contributed by atoms with E-state index in [1.165, 1.54) is 0 Å². The molecule has 19 heavy (non-hydrogen) atoms. The van der Waals surface area contributed by atoms with E-state index in [4.69, 9.17) is 0 Å². The molecule has 1 N–H and O–H groups in total. The van der Waals surface area contributed by atoms with Crippen molar-refractivity contribution >= 4 is 5.78 Å². The number of aromatic amines is 1. The third-order valence-electron chi connectivity index (χ3n) is 4.03. The van der Waals surface area contributed by atoms with Gasteiger partial charge in [0.05, 0.1) is 12.2 Å². The van der Waals surface area contributed by atoms with Crippen LogP contribution in [0.1, 0.15) is 54.8 Å². The van der Waals surface area contributed by atoms with E-state index in [-0.39, 0.29) is 17.2 Å². The van der Waals surface area contributed by atoms with Crippen molar-refractivity contribution in [3.05, 3.63) is 41.5 Å². The fourth-order valence-corrected chi connectivity index (χ4v) is 2.98. The fourth-order valence-electron chi connectivity index (χ4n) is 2.98. The van der Waals surface area contributed by atoms with Gasteiger partial charge in [0, 0.05) is 35.6 Å². The molecule has 4 heteroatoms. The first kappa shape index (κ1) is 12.2. The van der Waals surface area contributed by atoms with E-state index in [1.54, 1.807) is 0 Å². The number of fused-ring (bicyclic) bond motifs is 1. The van der Waals surface area contributed by atoms with Gasteiger partial charge in [-0.25, -0.2) is 0 Å². The lowest BCUT2D eigenvalue weighted by atomic mass is 9.76. The monoisotopic (exact) mass is 257 g/mol. The lowest BCUT2D eigenvalue weighted by Crippen LogP contribution is -2.28. The van der Waals surface area contributed by atoms with Crippen molar-refractivity contribution in [2.45, 2.75) is 39.7 Å². The molecule has 1 atom stereocenters. The minimum Gasteiger partial charge on any atom is -0.343 e. The summed E-state index contributed by atoms with van der Waals surface area (Å²) in [6.45, 7) is 6.46. The topological polar surface area (TPSA) is 50.7 Å². The molecular weight excluding hydrogens is 238 g/mol. The summed E-state index contributed by atoms with van der Waals surface area (Å²) >= 11 is 0. The molecule has 0 aromatic carbocycles. The largest absolute Gasteiger partial charge is 0.343 e. The van der Waals surface area contributed by atoms with Gasteiger partial charge < -0.3 is 4.57 Å². The Morgan fingerprint density at radius 2 is 2.21 bits per heavy atom. The zero-order valence-electron chi connectivity index (χ0n) is 11.6. The zero-order valence-corrected chi connectivity index (χ0v) is 11.6. The number of carbonyl (C=O) groups excluding carboxylic acids is 1. The number of hydrogen-bond donors (Lipinski definition) is 1. The zero-order chi connectivity index (χ0) is 13.6. The number of aromatic nitrogens is 3. The van der Waals surface area contributed by atoms with Crippen LogP contribution in [0.15, 0.2) is 24.7 Å². The van der Waals surface area contributed by atoms with Crippen LogP contribution in [0.25, 0.3) is 0 Å². The molecule has 0 saturated heterocycles. The van der Waals surface area contributed by atoms with Crippen molar-refractivity contribution in [2.75, 3.05) is 0 Å². The maximum Gasteiger partial charge on any atom is 0.165 e. The van der Waals surface area contributed by atoms with Gasteiger partial charge in [0.15, 0.2) is 5.78 Å². The predicted molar refractivity (Wildman–Crippen MR) is 73.3 cm³/mol. The number of carbonyl (C=O) groups is 1. The highest BCUT2D eigenvalue weighted by Gasteiger charge is 2.33. The van der Waals surface area contributed by atoms with E-state index in [9.17, 15) is 4.79 Å². The molecule has 100 valence electrons. The van der Waals surface area contributed by atoms with E-state index >= 15 is 0 Å². The number of nitrogens with one attached hydrogen (secondary N) is 1. The molecule has 0 radical (unpaired) electrons. The number of H-pyrrole nitrogens is 1. The van der Waals surface area contributed by atoms with Gasteiger partial charge in [0.25, 0.3) is 0 Å². The van der Waals surface area contributed by atoms with Crippen molar-refractivity contribution in [3.63, 3.8) is 0 Å². The maximum absolute atomic E-state index is 12.2. The van der Waals surface area contributed by atoms with E-state index in [0.717, 1.165) is 23.2 Å². The van der Waals surface area contributed by atoms with Crippen molar-refractivity contribution < 1.29 is 4.79 Å². The van der Waals surface area contributed by atoms with Crippen LogP contribution < -0.4 is 0 Å². The van der Waals surface area contributed by atoms with Gasteiger partial charge in [-0.05, 0) is 24.8 Å². The van der Waals surface area contributed by atoms with Crippen LogP contribution in [0.2, 0.25) is 0 Å². The standard InChI is InChI=1S/C15H19N3O/c1-10(11-8-16-17-9-11)18-5-4-12-13(18)6-15(2,3)7-14(12)19/h4-5,8-10H,6-7H2,1-3H3,(H,16,17). The molecule has 0 fully saturated rings. The Labute approximate surface area is 112 Å². The SMILES string of the molecule is CC(c1cn[nH]c1)n1ccc2c1CC(C)(C)CC2=O. The summed E-state index contributed by atoms with van der Waals surface area (Å²) in [5.41, 5.74) is 3.25. The van der Waals surface area contributed by atoms with Gasteiger partial charge in [-0.15, -0.1) is 0 Å². The van der Waals surface area contributed by atoms with E-state index in [1.807, 2.05) is 24.7 Å². The van der Waals surface area contributed by atoms with Crippen molar-refractivity contribution in [1.82, 2.24) is 14.8 Å². The van der Waals surface area contributed by atoms with Crippen LogP contribution in [0.4, 0.5) is 0 Å². The lowest BCUT2D eigenvalue weighted by Gasteiger charge is -2.30. The van der Waals surface area contributed by atoms with Crippen molar-refractivity contribution in [3.8, 4) is 0 Å². The summed E-state index contributed by atoms with van der Waals surface area (Å²) in [5.74, 6) is 0.268. The summed E-state index contributed by atoms with van der Waals surface area (Å²) in [7, 11) is 0. The number of rotatable bonds is 2. The Bertz CT molecular complexity index is 607. The molecule has 0 amide bonds. The third kappa shape index (κ3) is 2.01. The molecule has 1 aliphatic rings. The Kier molecular flexibility index (Phi) is 2.62. The maximum atomic E-state index is 12.2. The van der Waals surface area contributed by atoms with Gasteiger partial charge in [0.1, 0.15) is 0 Å².